The first-order valence-corrected chi connectivity index (χ1v) is 12.0. The largest absolute Gasteiger partial charge is 0.493 e. The first kappa shape index (κ1) is 25.7. The molecule has 1 aliphatic rings. The summed E-state index contributed by atoms with van der Waals surface area (Å²) >= 11 is 1.63. The van der Waals surface area contributed by atoms with E-state index in [1.165, 1.54) is 37.1 Å². The highest BCUT2D eigenvalue weighted by molar-refractivity contribution is 7.13. The van der Waals surface area contributed by atoms with Crippen LogP contribution in [0.3, 0.4) is 0 Å². The van der Waals surface area contributed by atoms with Crippen molar-refractivity contribution in [3.8, 4) is 16.2 Å². The molecule has 1 fully saturated rings. The second kappa shape index (κ2) is 12.0. The maximum absolute atomic E-state index is 13.2. The number of halogens is 1. The van der Waals surface area contributed by atoms with Crippen molar-refractivity contribution in [3.05, 3.63) is 83.2 Å². The topological polar surface area (TPSA) is 75.6 Å². The molecular weight excluding hydrogens is 470 g/mol. The number of carbonyl (C=O) groups is 2. The fourth-order valence-electron chi connectivity index (χ4n) is 4.03. The maximum atomic E-state index is 13.2. The van der Waals surface area contributed by atoms with Crippen LogP contribution >= 0.6 is 23.7 Å². The van der Waals surface area contributed by atoms with Crippen LogP contribution in [0.15, 0.2) is 66.6 Å². The molecule has 0 amide bonds. The first-order chi connectivity index (χ1) is 16.0. The van der Waals surface area contributed by atoms with Crippen LogP contribution in [-0.2, 0) is 0 Å². The number of carboxylic acids is 1. The van der Waals surface area contributed by atoms with Gasteiger partial charge in [0.25, 0.3) is 0 Å². The quantitative estimate of drug-likeness (QED) is 0.266. The maximum Gasteiger partial charge on any atom is 0.335 e. The van der Waals surface area contributed by atoms with Crippen LogP contribution in [0.5, 0.6) is 5.75 Å². The lowest BCUT2D eigenvalue weighted by Crippen LogP contribution is -2.35. The van der Waals surface area contributed by atoms with Gasteiger partial charge in [-0.3, -0.25) is 4.79 Å². The minimum Gasteiger partial charge on any atom is -0.493 e. The average Bonchev–Trinajstić information content (AvgIpc) is 3.39. The van der Waals surface area contributed by atoms with E-state index in [4.69, 9.17) is 9.84 Å². The van der Waals surface area contributed by atoms with Gasteiger partial charge in [-0.15, -0.1) is 23.7 Å². The zero-order valence-corrected chi connectivity index (χ0v) is 20.4. The molecule has 0 radical (unpaired) electrons. The van der Waals surface area contributed by atoms with E-state index < -0.39 is 5.97 Å². The number of benzene rings is 2. The van der Waals surface area contributed by atoms with Gasteiger partial charge < -0.3 is 15.2 Å². The van der Waals surface area contributed by atoms with Crippen LogP contribution in [0.1, 0.15) is 52.0 Å². The van der Waals surface area contributed by atoms with Crippen LogP contribution in [0, 0.1) is 0 Å². The van der Waals surface area contributed by atoms with Crippen LogP contribution in [0.25, 0.3) is 16.0 Å². The van der Waals surface area contributed by atoms with Crippen molar-refractivity contribution < 1.29 is 19.4 Å². The molecule has 1 saturated heterocycles. The number of ketones is 1. The number of carbonyl (C=O) groups excluding carboxylic acids is 1. The number of piperidine rings is 1. The molecule has 4 rings (SSSR count). The molecule has 1 unspecified atom stereocenters. The molecule has 1 atom stereocenters. The molecular formula is C27H28ClNO4S. The van der Waals surface area contributed by atoms with Crippen molar-refractivity contribution >= 4 is 41.1 Å². The molecule has 5 nitrogen and oxygen atoms in total. The molecule has 1 aliphatic heterocycles. The van der Waals surface area contributed by atoms with E-state index in [0.29, 0.717) is 35.1 Å². The summed E-state index contributed by atoms with van der Waals surface area (Å²) in [4.78, 5) is 25.4. The average molecular weight is 498 g/mol. The van der Waals surface area contributed by atoms with Crippen molar-refractivity contribution in [3.63, 3.8) is 0 Å². The van der Waals surface area contributed by atoms with Gasteiger partial charge in [-0.1, -0.05) is 31.2 Å². The van der Waals surface area contributed by atoms with Crippen LogP contribution in [0.2, 0.25) is 0 Å². The Morgan fingerprint density at radius 2 is 1.85 bits per heavy atom. The van der Waals surface area contributed by atoms with E-state index in [2.05, 4.69) is 11.9 Å². The van der Waals surface area contributed by atoms with Crippen LogP contribution in [0.4, 0.5) is 0 Å². The number of ether oxygens (including phenoxy) is 1. The van der Waals surface area contributed by atoms with Gasteiger partial charge in [-0.25, -0.2) is 4.79 Å². The zero-order chi connectivity index (χ0) is 23.2. The smallest absolute Gasteiger partial charge is 0.335 e. The van der Waals surface area contributed by atoms with E-state index in [-0.39, 0.29) is 23.8 Å². The third-order valence-electron chi connectivity index (χ3n) is 5.91. The second-order valence-electron chi connectivity index (χ2n) is 8.16. The standard InChI is InChI=1S/C27H27NO4S.ClH/c1-18(26(29)19-7-9-20(10-8-19)27(30)31)23-17-21(25-6-4-16-33-25)11-12-24(23)32-15-13-22-5-2-3-14-28-22;/h4,6-12,16-17,22,28H,1-3,5,13-15H2,(H,30,31);1H. The van der Waals surface area contributed by atoms with Crippen LogP contribution < -0.4 is 10.1 Å². The van der Waals surface area contributed by atoms with Crippen LogP contribution in [-0.4, -0.2) is 36.1 Å². The monoisotopic (exact) mass is 497 g/mol. The lowest BCUT2D eigenvalue weighted by atomic mass is 9.95. The number of aromatic carboxylic acids is 1. The Morgan fingerprint density at radius 1 is 1.09 bits per heavy atom. The van der Waals surface area contributed by atoms with Crippen molar-refractivity contribution in [1.82, 2.24) is 5.32 Å². The summed E-state index contributed by atoms with van der Waals surface area (Å²) in [6.07, 6.45) is 4.53. The molecule has 0 bridgehead atoms. The zero-order valence-electron chi connectivity index (χ0n) is 18.8. The van der Waals surface area contributed by atoms with E-state index in [1.807, 2.05) is 35.7 Å². The van der Waals surface area contributed by atoms with Crippen molar-refractivity contribution in [1.29, 1.82) is 0 Å². The summed E-state index contributed by atoms with van der Waals surface area (Å²) < 4.78 is 6.14. The number of nitrogens with one attached hydrogen (secondary N) is 1. The highest BCUT2D eigenvalue weighted by atomic mass is 35.5. The van der Waals surface area contributed by atoms with Gasteiger partial charge in [0.15, 0.2) is 5.78 Å². The predicted octanol–water partition coefficient (Wildman–Crippen LogP) is 6.34. The summed E-state index contributed by atoms with van der Waals surface area (Å²) in [5.41, 5.74) is 2.50. The van der Waals surface area contributed by atoms with Gasteiger partial charge in [0.2, 0.25) is 0 Å². The van der Waals surface area contributed by atoms with Gasteiger partial charge in [-0.05, 0) is 73.1 Å². The molecule has 178 valence electrons. The Kier molecular flexibility index (Phi) is 9.05. The van der Waals surface area contributed by atoms with E-state index in [9.17, 15) is 9.59 Å². The fraction of sp³-hybridized carbons (Fsp3) is 0.259. The lowest BCUT2D eigenvalue weighted by molar-refractivity contribution is 0.0696. The third-order valence-corrected chi connectivity index (χ3v) is 6.83. The Morgan fingerprint density at radius 3 is 2.50 bits per heavy atom. The molecule has 3 aromatic rings. The fourth-order valence-corrected chi connectivity index (χ4v) is 4.75. The molecule has 34 heavy (non-hydrogen) atoms. The number of thiophene rings is 1. The first-order valence-electron chi connectivity index (χ1n) is 11.1. The predicted molar refractivity (Wildman–Crippen MR) is 140 cm³/mol. The number of allylic oxidation sites excluding steroid dienone is 1. The van der Waals surface area contributed by atoms with E-state index in [0.717, 1.165) is 29.8 Å². The Balaban J connectivity index is 0.00000324. The van der Waals surface area contributed by atoms with Gasteiger partial charge in [-0.2, -0.15) is 0 Å². The molecule has 0 saturated carbocycles. The van der Waals surface area contributed by atoms with Gasteiger partial charge >= 0.3 is 5.97 Å². The summed E-state index contributed by atoms with van der Waals surface area (Å²) in [6, 6.07) is 16.3. The highest BCUT2D eigenvalue weighted by Crippen LogP contribution is 2.34. The summed E-state index contributed by atoms with van der Waals surface area (Å²) in [5.74, 6) is -0.652. The Labute approximate surface area is 209 Å². The third kappa shape index (κ3) is 6.14. The van der Waals surface area contributed by atoms with Crippen molar-refractivity contribution in [2.45, 2.75) is 31.7 Å². The Bertz CT molecular complexity index is 1140. The number of Topliss-reactive ketones (excluding diaryl/α,β-unsaturated/α-hetero) is 1. The summed E-state index contributed by atoms with van der Waals surface area (Å²) in [6.45, 7) is 5.69. The molecule has 2 aromatic carbocycles. The molecule has 1 aromatic heterocycles. The summed E-state index contributed by atoms with van der Waals surface area (Å²) in [7, 11) is 0. The highest BCUT2D eigenvalue weighted by Gasteiger charge is 2.19. The number of carboxylic acid groups (broad SMARTS) is 1. The normalized spacial score (nSPS) is 15.2. The van der Waals surface area contributed by atoms with Crippen molar-refractivity contribution in [2.75, 3.05) is 13.2 Å². The van der Waals surface area contributed by atoms with E-state index in [1.54, 1.807) is 11.3 Å². The number of hydrogen-bond donors (Lipinski definition) is 2. The molecule has 2 heterocycles. The molecule has 0 aliphatic carbocycles. The molecule has 2 N–H and O–H groups in total. The van der Waals surface area contributed by atoms with Crippen molar-refractivity contribution in [2.24, 2.45) is 0 Å². The molecule has 0 spiro atoms. The molecule has 7 heteroatoms. The minimum absolute atomic E-state index is 0. The SMILES string of the molecule is C=C(C(=O)c1ccc(C(=O)O)cc1)c1cc(-c2cccs2)ccc1OCCC1CCCCN1.Cl. The Hall–Kier alpha value is -2.93. The van der Waals surface area contributed by atoms with Gasteiger partial charge in [0.1, 0.15) is 5.75 Å². The summed E-state index contributed by atoms with van der Waals surface area (Å²) in [5, 5.41) is 14.7. The lowest BCUT2D eigenvalue weighted by Gasteiger charge is -2.23. The van der Waals surface area contributed by atoms with E-state index >= 15 is 0 Å². The van der Waals surface area contributed by atoms with Gasteiger partial charge in [0, 0.05) is 27.6 Å². The second-order valence-corrected chi connectivity index (χ2v) is 9.11. The number of rotatable bonds is 9. The number of hydrogen-bond acceptors (Lipinski definition) is 5. The van der Waals surface area contributed by atoms with Gasteiger partial charge in [0.05, 0.1) is 12.2 Å². The minimum atomic E-state index is -1.03.